The highest BCUT2D eigenvalue weighted by Gasteiger charge is 2.27. The van der Waals surface area contributed by atoms with Crippen LogP contribution in [0.25, 0.3) is 22.3 Å². The van der Waals surface area contributed by atoms with E-state index in [4.69, 9.17) is 16.3 Å². The number of aromatic nitrogens is 3. The van der Waals surface area contributed by atoms with Crippen molar-refractivity contribution in [3.63, 3.8) is 0 Å². The monoisotopic (exact) mass is 622 g/mol. The summed E-state index contributed by atoms with van der Waals surface area (Å²) >= 11 is 6.11. The number of hydrogen-bond acceptors (Lipinski definition) is 8. The van der Waals surface area contributed by atoms with Crippen LogP contribution in [0.15, 0.2) is 80.9 Å². The van der Waals surface area contributed by atoms with Crippen molar-refractivity contribution in [2.75, 3.05) is 36.9 Å². The van der Waals surface area contributed by atoms with E-state index < -0.39 is 27.6 Å². The summed E-state index contributed by atoms with van der Waals surface area (Å²) < 4.78 is 37.3. The summed E-state index contributed by atoms with van der Waals surface area (Å²) in [5, 5.41) is 10.2. The lowest BCUT2D eigenvalue weighted by molar-refractivity contribution is 0.0730. The van der Waals surface area contributed by atoms with Crippen molar-refractivity contribution in [3.05, 3.63) is 93.6 Å². The molecule has 15 heteroatoms. The number of carbonyl (C=O) groups is 2. The number of ether oxygens (including phenoxy) is 1. The number of H-pyrrole nitrogens is 2. The molecule has 0 atom stereocenters. The van der Waals surface area contributed by atoms with Crippen LogP contribution >= 0.6 is 11.6 Å². The molecule has 0 unspecified atom stereocenters. The highest BCUT2D eigenvalue weighted by atomic mass is 35.5. The molecule has 0 radical (unpaired) electrons. The van der Waals surface area contributed by atoms with Gasteiger partial charge in [0.15, 0.2) is 5.82 Å². The number of nitrogens with zero attached hydrogens (tertiary/aromatic N) is 2. The molecular formula is C28H23ClN6O7S. The van der Waals surface area contributed by atoms with Crippen molar-refractivity contribution in [1.29, 1.82) is 0 Å². The van der Waals surface area contributed by atoms with E-state index >= 15 is 0 Å². The second-order valence-corrected chi connectivity index (χ2v) is 11.9. The lowest BCUT2D eigenvalue weighted by Gasteiger charge is -2.26. The third kappa shape index (κ3) is 5.81. The molecule has 1 fully saturated rings. The highest BCUT2D eigenvalue weighted by Crippen LogP contribution is 2.30. The zero-order valence-corrected chi connectivity index (χ0v) is 23.8. The summed E-state index contributed by atoms with van der Waals surface area (Å²) in [6.45, 7) is 1.09. The first-order chi connectivity index (χ1) is 20.7. The third-order valence-corrected chi connectivity index (χ3v) is 8.91. The van der Waals surface area contributed by atoms with Crippen LogP contribution in [-0.2, 0) is 14.8 Å². The van der Waals surface area contributed by atoms with Gasteiger partial charge in [-0.25, -0.2) is 13.2 Å². The summed E-state index contributed by atoms with van der Waals surface area (Å²) in [5.74, 6) is -1.71. The Hall–Kier alpha value is -4.76. The Bertz CT molecular complexity index is 2030. The minimum absolute atomic E-state index is 0.00959. The molecule has 0 spiro atoms. The second-order valence-electron chi connectivity index (χ2n) is 9.54. The van der Waals surface area contributed by atoms with Crippen LogP contribution in [0, 0.1) is 0 Å². The number of amides is 2. The maximum Gasteiger partial charge on any atom is 0.439 e. The number of sulfonamides is 1. The van der Waals surface area contributed by atoms with Crippen LogP contribution in [0.1, 0.15) is 20.8 Å². The van der Waals surface area contributed by atoms with Gasteiger partial charge in [-0.2, -0.15) is 4.31 Å². The molecule has 0 aliphatic carbocycles. The van der Waals surface area contributed by atoms with E-state index in [0.717, 1.165) is 0 Å². The summed E-state index contributed by atoms with van der Waals surface area (Å²) in [5.41, 5.74) is 1.86. The topological polar surface area (TPSA) is 179 Å². The molecule has 1 aliphatic heterocycles. The summed E-state index contributed by atoms with van der Waals surface area (Å²) in [7, 11) is -3.79. The first-order valence-corrected chi connectivity index (χ1v) is 14.8. The largest absolute Gasteiger partial charge is 0.439 e. The van der Waals surface area contributed by atoms with Gasteiger partial charge in [0.2, 0.25) is 10.0 Å². The standard InChI is InChI=1S/C28H23ClN6O7S/c29-18-7-8-21(20(15-18)25-33-28(38)42-34-25)31-27(37)23-14-16-3-2-6-22(24(16)30-23)32-26(36)17-4-1-5-19(13-17)43(39,40)35-9-11-41-12-10-35/h1-8,13-15,30H,9-12H2,(H,31,37)(H,32,36)(H,33,34,38). The Balaban J connectivity index is 1.24. The number of benzene rings is 3. The number of halogens is 1. The van der Waals surface area contributed by atoms with Gasteiger partial charge in [-0.3, -0.25) is 19.1 Å². The third-order valence-electron chi connectivity index (χ3n) is 6.78. The SMILES string of the molecule is O=C(Nc1cccc2cc(C(=O)Nc3ccc(Cl)cc3-c3noc(=O)[nH]3)[nH]c12)c1cccc(S(=O)(=O)N2CCOCC2)c1. The molecule has 0 bridgehead atoms. The number of rotatable bonds is 7. The van der Waals surface area contributed by atoms with Crippen LogP contribution in [0.2, 0.25) is 5.02 Å². The van der Waals surface area contributed by atoms with Crippen LogP contribution < -0.4 is 16.4 Å². The van der Waals surface area contributed by atoms with Gasteiger partial charge in [0, 0.05) is 34.6 Å². The predicted molar refractivity (Wildman–Crippen MR) is 158 cm³/mol. The van der Waals surface area contributed by atoms with Gasteiger partial charge in [0.05, 0.1) is 35.0 Å². The number of aromatic amines is 2. The Morgan fingerprint density at radius 3 is 2.44 bits per heavy atom. The summed E-state index contributed by atoms with van der Waals surface area (Å²) in [6, 6.07) is 17.2. The van der Waals surface area contributed by atoms with Gasteiger partial charge in [-0.05, 0) is 48.5 Å². The van der Waals surface area contributed by atoms with E-state index in [2.05, 4.69) is 30.3 Å². The predicted octanol–water partition coefficient (Wildman–Crippen LogP) is 3.69. The van der Waals surface area contributed by atoms with E-state index in [0.29, 0.717) is 46.1 Å². The first kappa shape index (κ1) is 28.4. The quantitative estimate of drug-likeness (QED) is 0.212. The summed E-state index contributed by atoms with van der Waals surface area (Å²) in [4.78, 5) is 43.4. The molecule has 4 N–H and O–H groups in total. The molecule has 43 heavy (non-hydrogen) atoms. The van der Waals surface area contributed by atoms with Crippen LogP contribution in [0.5, 0.6) is 0 Å². The lowest BCUT2D eigenvalue weighted by atomic mass is 10.1. The van der Waals surface area contributed by atoms with Crippen molar-refractivity contribution in [2.45, 2.75) is 4.90 Å². The van der Waals surface area contributed by atoms with Gasteiger partial charge in [-0.1, -0.05) is 35.0 Å². The Morgan fingerprint density at radius 2 is 1.67 bits per heavy atom. The van der Waals surface area contributed by atoms with Crippen LogP contribution in [0.3, 0.4) is 0 Å². The fourth-order valence-electron chi connectivity index (χ4n) is 4.67. The van der Waals surface area contributed by atoms with Crippen molar-refractivity contribution < 1.29 is 27.3 Å². The van der Waals surface area contributed by atoms with E-state index in [9.17, 15) is 22.8 Å². The summed E-state index contributed by atoms with van der Waals surface area (Å²) in [6.07, 6.45) is 0. The molecule has 2 aromatic heterocycles. The van der Waals surface area contributed by atoms with Gasteiger partial charge < -0.3 is 20.4 Å². The molecule has 3 aromatic carbocycles. The number of nitrogens with one attached hydrogen (secondary N) is 4. The van der Waals surface area contributed by atoms with E-state index in [1.165, 1.54) is 34.6 Å². The molecule has 6 rings (SSSR count). The fraction of sp³-hybridized carbons (Fsp3) is 0.143. The Labute approximate surface area is 248 Å². The molecule has 1 aliphatic rings. The minimum Gasteiger partial charge on any atom is -0.379 e. The molecule has 0 saturated carbocycles. The van der Waals surface area contributed by atoms with Crippen molar-refractivity contribution >= 4 is 55.7 Å². The average Bonchev–Trinajstić information content (AvgIpc) is 3.66. The molecule has 5 aromatic rings. The maximum absolute atomic E-state index is 13.2. The maximum atomic E-state index is 13.2. The van der Waals surface area contributed by atoms with E-state index in [-0.39, 0.29) is 35.1 Å². The van der Waals surface area contributed by atoms with Crippen LogP contribution in [-0.4, -0.2) is 66.0 Å². The van der Waals surface area contributed by atoms with Crippen LogP contribution in [0.4, 0.5) is 11.4 Å². The molecule has 220 valence electrons. The first-order valence-electron chi connectivity index (χ1n) is 13.0. The number of anilines is 2. The molecular weight excluding hydrogens is 600 g/mol. The highest BCUT2D eigenvalue weighted by molar-refractivity contribution is 7.89. The van der Waals surface area contributed by atoms with Gasteiger partial charge in [0.1, 0.15) is 5.69 Å². The lowest BCUT2D eigenvalue weighted by Crippen LogP contribution is -2.40. The fourth-order valence-corrected chi connectivity index (χ4v) is 6.29. The number of hydrogen-bond donors (Lipinski definition) is 4. The molecule has 1 saturated heterocycles. The molecule has 13 nitrogen and oxygen atoms in total. The number of para-hydroxylation sites is 1. The van der Waals surface area contributed by atoms with Gasteiger partial charge in [-0.15, -0.1) is 0 Å². The second kappa shape index (κ2) is 11.5. The zero-order valence-electron chi connectivity index (χ0n) is 22.2. The Kier molecular flexibility index (Phi) is 7.58. The number of carbonyl (C=O) groups excluding carboxylic acids is 2. The van der Waals surface area contributed by atoms with E-state index in [1.54, 1.807) is 36.4 Å². The minimum atomic E-state index is -3.79. The molecule has 3 heterocycles. The molecule has 2 amide bonds. The van der Waals surface area contributed by atoms with Gasteiger partial charge >= 0.3 is 5.76 Å². The zero-order chi connectivity index (χ0) is 30.1. The number of morpholine rings is 1. The Morgan fingerprint density at radius 1 is 0.907 bits per heavy atom. The smallest absolute Gasteiger partial charge is 0.379 e. The van der Waals surface area contributed by atoms with Crippen molar-refractivity contribution in [3.8, 4) is 11.4 Å². The van der Waals surface area contributed by atoms with Crippen molar-refractivity contribution in [1.82, 2.24) is 19.4 Å². The van der Waals surface area contributed by atoms with Gasteiger partial charge in [0.25, 0.3) is 11.8 Å². The normalized spacial score (nSPS) is 14.1. The number of fused-ring (bicyclic) bond motifs is 1. The average molecular weight is 623 g/mol. The van der Waals surface area contributed by atoms with E-state index in [1.807, 2.05) is 0 Å². The van der Waals surface area contributed by atoms with Crippen molar-refractivity contribution in [2.24, 2.45) is 0 Å².